The molecule has 2 nitrogen and oxygen atoms in total. The van der Waals surface area contributed by atoms with Crippen molar-refractivity contribution in [2.24, 2.45) is 0 Å². The molecule has 0 bridgehead atoms. The van der Waals surface area contributed by atoms with Gasteiger partial charge >= 0.3 is 0 Å². The van der Waals surface area contributed by atoms with E-state index >= 15 is 0 Å². The van der Waals surface area contributed by atoms with Gasteiger partial charge in [0.25, 0.3) is 0 Å². The lowest BCUT2D eigenvalue weighted by Crippen LogP contribution is -2.00. The number of benzene rings is 1. The molecule has 76 valence electrons. The highest BCUT2D eigenvalue weighted by atomic mass is 79.9. The molecule has 0 aliphatic carbocycles. The van der Waals surface area contributed by atoms with Gasteiger partial charge in [0.1, 0.15) is 5.75 Å². The average molecular weight is 256 g/mol. The Kier molecular flexibility index (Phi) is 4.01. The average Bonchev–Trinajstić information content (AvgIpc) is 2.08. The van der Waals surface area contributed by atoms with Crippen LogP contribution in [0.1, 0.15) is 5.56 Å². The fourth-order valence-electron chi connectivity index (χ4n) is 1.10. The normalized spacial score (nSPS) is 10.8. The molecule has 0 heterocycles. The fourth-order valence-corrected chi connectivity index (χ4v) is 1.45. The van der Waals surface area contributed by atoms with Crippen molar-refractivity contribution in [1.29, 1.82) is 0 Å². The largest absolute Gasteiger partial charge is 0.508 e. The molecule has 1 aromatic carbocycles. The van der Waals surface area contributed by atoms with E-state index in [2.05, 4.69) is 15.9 Å². The maximum Gasteiger partial charge on any atom is 0.120 e. The zero-order chi connectivity index (χ0) is 10.6. The number of aromatic hydroxyl groups is 1. The summed E-state index contributed by atoms with van der Waals surface area (Å²) >= 11 is 3.30. The molecule has 0 unspecified atom stereocenters. The summed E-state index contributed by atoms with van der Waals surface area (Å²) in [6.45, 7) is 0. The first-order valence-corrected chi connectivity index (χ1v) is 5.19. The number of phenolic OH excluding ortho intramolecular Hbond substituents is 1. The van der Waals surface area contributed by atoms with Crippen molar-refractivity contribution in [3.8, 4) is 5.75 Å². The van der Waals surface area contributed by atoms with E-state index < -0.39 is 0 Å². The van der Waals surface area contributed by atoms with Gasteiger partial charge in [-0.15, -0.1) is 0 Å². The third-order valence-electron chi connectivity index (χ3n) is 1.79. The molecule has 1 N–H and O–H groups in total. The lowest BCUT2D eigenvalue weighted by Gasteiger charge is -2.04. The second-order valence-electron chi connectivity index (χ2n) is 3.33. The first-order chi connectivity index (χ1) is 6.59. The Bertz CT molecular complexity index is 334. The molecule has 3 heteroatoms. The molecule has 0 aromatic heterocycles. The van der Waals surface area contributed by atoms with E-state index in [-0.39, 0.29) is 0 Å². The van der Waals surface area contributed by atoms with Crippen LogP contribution in [0.15, 0.2) is 34.9 Å². The van der Waals surface area contributed by atoms with E-state index in [9.17, 15) is 5.11 Å². The predicted octanol–water partition coefficient (Wildman–Crippen LogP) is 2.77. The van der Waals surface area contributed by atoms with Crippen LogP contribution in [0, 0.1) is 0 Å². The van der Waals surface area contributed by atoms with Gasteiger partial charge in [0.05, 0.1) is 0 Å². The highest BCUT2D eigenvalue weighted by Gasteiger charge is 1.98. The van der Waals surface area contributed by atoms with Gasteiger partial charge in [0, 0.05) is 18.6 Å². The monoisotopic (exact) mass is 255 g/mol. The quantitative estimate of drug-likeness (QED) is 0.898. The second kappa shape index (κ2) is 5.05. The first kappa shape index (κ1) is 11.1. The summed E-state index contributed by atoms with van der Waals surface area (Å²) in [5, 5.41) is 9.58. The maximum atomic E-state index is 9.58. The number of rotatable bonds is 3. The number of phenols is 1. The van der Waals surface area contributed by atoms with E-state index in [0.717, 1.165) is 16.5 Å². The third-order valence-corrected chi connectivity index (χ3v) is 2.28. The minimum Gasteiger partial charge on any atom is -0.508 e. The summed E-state index contributed by atoms with van der Waals surface area (Å²) in [4.78, 5) is 1.97. The zero-order valence-corrected chi connectivity index (χ0v) is 9.95. The lowest BCUT2D eigenvalue weighted by molar-refractivity contribution is 0.469. The van der Waals surface area contributed by atoms with Crippen LogP contribution in [0.2, 0.25) is 0 Å². The van der Waals surface area contributed by atoms with Gasteiger partial charge in [-0.05, 0) is 30.3 Å². The number of allylic oxidation sites excluding steroid dienone is 1. The van der Waals surface area contributed by atoms with Crippen molar-refractivity contribution in [1.82, 2.24) is 4.90 Å². The summed E-state index contributed by atoms with van der Waals surface area (Å²) in [6, 6.07) is 5.55. The molecule has 14 heavy (non-hydrogen) atoms. The molecule has 0 radical (unpaired) electrons. The van der Waals surface area contributed by atoms with Crippen LogP contribution in [0.3, 0.4) is 0 Å². The van der Waals surface area contributed by atoms with E-state index in [1.807, 2.05) is 43.4 Å². The third kappa shape index (κ3) is 3.42. The topological polar surface area (TPSA) is 23.5 Å². The Labute approximate surface area is 93.0 Å². The molecule has 0 saturated heterocycles. The van der Waals surface area contributed by atoms with Crippen LogP contribution in [-0.4, -0.2) is 24.1 Å². The minimum absolute atomic E-state index is 0.336. The Balaban J connectivity index is 2.68. The molecule has 0 spiro atoms. The lowest BCUT2D eigenvalue weighted by atomic mass is 10.1. The summed E-state index contributed by atoms with van der Waals surface area (Å²) in [6.07, 6.45) is 4.74. The summed E-state index contributed by atoms with van der Waals surface area (Å²) in [5.41, 5.74) is 0.936. The van der Waals surface area contributed by atoms with Crippen LogP contribution in [0.4, 0.5) is 0 Å². The van der Waals surface area contributed by atoms with Crippen molar-refractivity contribution in [3.63, 3.8) is 0 Å². The zero-order valence-electron chi connectivity index (χ0n) is 8.37. The van der Waals surface area contributed by atoms with Gasteiger partial charge in [-0.2, -0.15) is 0 Å². The molecule has 1 aromatic rings. The van der Waals surface area contributed by atoms with Gasteiger partial charge in [0.2, 0.25) is 0 Å². The Morgan fingerprint density at radius 1 is 1.43 bits per heavy atom. The Hall–Kier alpha value is -0.960. The molecule has 0 aliphatic heterocycles. The predicted molar refractivity (Wildman–Crippen MR) is 62.3 cm³/mol. The van der Waals surface area contributed by atoms with E-state index in [4.69, 9.17) is 0 Å². The van der Waals surface area contributed by atoms with Crippen molar-refractivity contribution in [3.05, 3.63) is 40.5 Å². The fraction of sp³-hybridized carbons (Fsp3) is 0.273. The molecule has 0 fully saturated rings. The van der Waals surface area contributed by atoms with Crippen molar-refractivity contribution >= 4 is 15.9 Å². The molecule has 0 atom stereocenters. The van der Waals surface area contributed by atoms with Crippen LogP contribution in [0.5, 0.6) is 5.75 Å². The van der Waals surface area contributed by atoms with Crippen molar-refractivity contribution in [2.75, 3.05) is 14.1 Å². The van der Waals surface area contributed by atoms with E-state index in [1.165, 1.54) is 0 Å². The molecule has 0 saturated carbocycles. The summed E-state index contributed by atoms with van der Waals surface area (Å²) in [7, 11) is 3.94. The molecule has 0 aliphatic rings. The highest BCUT2D eigenvalue weighted by Crippen LogP contribution is 2.22. The summed E-state index contributed by atoms with van der Waals surface area (Å²) < 4.78 is 0.898. The van der Waals surface area contributed by atoms with Gasteiger partial charge in [-0.3, -0.25) is 0 Å². The van der Waals surface area contributed by atoms with Crippen molar-refractivity contribution in [2.45, 2.75) is 6.42 Å². The SMILES string of the molecule is CN(C)C=CCc1ccc(Br)cc1O. The number of nitrogens with zero attached hydrogens (tertiary/aromatic N) is 1. The Morgan fingerprint density at radius 2 is 2.14 bits per heavy atom. The smallest absolute Gasteiger partial charge is 0.120 e. The Morgan fingerprint density at radius 3 is 2.71 bits per heavy atom. The minimum atomic E-state index is 0.336. The van der Waals surface area contributed by atoms with Crippen LogP contribution >= 0.6 is 15.9 Å². The summed E-state index contributed by atoms with van der Waals surface area (Å²) in [5.74, 6) is 0.336. The van der Waals surface area contributed by atoms with Gasteiger partial charge in [-0.1, -0.05) is 28.1 Å². The number of hydrogen-bond donors (Lipinski definition) is 1. The van der Waals surface area contributed by atoms with Gasteiger partial charge in [0.15, 0.2) is 0 Å². The number of hydrogen-bond acceptors (Lipinski definition) is 2. The van der Waals surface area contributed by atoms with Gasteiger partial charge < -0.3 is 10.0 Å². The molecular formula is C11H14BrNO. The van der Waals surface area contributed by atoms with Gasteiger partial charge in [-0.25, -0.2) is 0 Å². The molecule has 1 rings (SSSR count). The van der Waals surface area contributed by atoms with Crippen LogP contribution in [-0.2, 0) is 6.42 Å². The highest BCUT2D eigenvalue weighted by molar-refractivity contribution is 9.10. The van der Waals surface area contributed by atoms with E-state index in [0.29, 0.717) is 5.75 Å². The molecule has 0 amide bonds. The molecular weight excluding hydrogens is 242 g/mol. The standard InChI is InChI=1S/C11H14BrNO/c1-13(2)7-3-4-9-5-6-10(12)8-11(9)14/h3,5-8,14H,4H2,1-2H3. The number of halogens is 1. The van der Waals surface area contributed by atoms with Crippen molar-refractivity contribution < 1.29 is 5.11 Å². The maximum absolute atomic E-state index is 9.58. The first-order valence-electron chi connectivity index (χ1n) is 4.40. The van der Waals surface area contributed by atoms with Crippen LogP contribution < -0.4 is 0 Å². The van der Waals surface area contributed by atoms with Crippen LogP contribution in [0.25, 0.3) is 0 Å². The second-order valence-corrected chi connectivity index (χ2v) is 4.24. The van der Waals surface area contributed by atoms with E-state index in [1.54, 1.807) is 6.07 Å².